The van der Waals surface area contributed by atoms with Gasteiger partial charge in [-0.3, -0.25) is 0 Å². The summed E-state index contributed by atoms with van der Waals surface area (Å²) in [6.07, 6.45) is -10.0. The first-order valence-electron chi connectivity index (χ1n) is 3.74. The third kappa shape index (κ3) is 2.28. The SMILES string of the molecule is Nc1nc(C(F)(F)F)cc(C(F)(F)F)c1N. The van der Waals surface area contributed by atoms with Gasteiger partial charge in [0, 0.05) is 0 Å². The summed E-state index contributed by atoms with van der Waals surface area (Å²) in [6.45, 7) is 0. The highest BCUT2D eigenvalue weighted by Crippen LogP contribution is 2.39. The Morgan fingerprint density at radius 3 is 1.81 bits per heavy atom. The van der Waals surface area contributed by atoms with E-state index >= 15 is 0 Å². The first kappa shape index (κ1) is 12.4. The molecule has 0 radical (unpaired) electrons. The number of anilines is 2. The number of nitrogen functional groups attached to an aromatic ring is 2. The fourth-order valence-corrected chi connectivity index (χ4v) is 0.954. The van der Waals surface area contributed by atoms with E-state index in [4.69, 9.17) is 11.5 Å². The first-order chi connectivity index (χ1) is 7.03. The Bertz CT molecular complexity index is 408. The number of rotatable bonds is 0. The highest BCUT2D eigenvalue weighted by atomic mass is 19.4. The quantitative estimate of drug-likeness (QED) is 0.689. The molecule has 0 bridgehead atoms. The molecule has 0 amide bonds. The average Bonchev–Trinajstić information content (AvgIpc) is 2.05. The van der Waals surface area contributed by atoms with Gasteiger partial charge in [-0.1, -0.05) is 0 Å². The topological polar surface area (TPSA) is 64.9 Å². The van der Waals surface area contributed by atoms with Crippen LogP contribution in [0.3, 0.4) is 0 Å². The highest BCUT2D eigenvalue weighted by molar-refractivity contribution is 5.64. The summed E-state index contributed by atoms with van der Waals surface area (Å²) in [6, 6.07) is -0.175. The van der Waals surface area contributed by atoms with Crippen molar-refractivity contribution >= 4 is 11.5 Å². The van der Waals surface area contributed by atoms with Gasteiger partial charge in [0.25, 0.3) is 0 Å². The van der Waals surface area contributed by atoms with Crippen LogP contribution in [0.25, 0.3) is 0 Å². The van der Waals surface area contributed by atoms with E-state index in [2.05, 4.69) is 4.98 Å². The Hall–Kier alpha value is -1.67. The number of nitrogens with two attached hydrogens (primary N) is 2. The predicted molar refractivity (Wildman–Crippen MR) is 43.1 cm³/mol. The molecular weight excluding hydrogens is 240 g/mol. The molecule has 0 aromatic carbocycles. The van der Waals surface area contributed by atoms with Gasteiger partial charge in [0.1, 0.15) is 11.5 Å². The molecule has 9 heteroatoms. The van der Waals surface area contributed by atoms with Crippen LogP contribution in [-0.4, -0.2) is 4.98 Å². The Kier molecular flexibility index (Phi) is 2.65. The minimum absolute atomic E-state index is 0.175. The normalized spacial score (nSPS) is 12.9. The molecule has 0 atom stereocenters. The molecule has 0 aliphatic carbocycles. The largest absolute Gasteiger partial charge is 0.433 e. The second-order valence-electron chi connectivity index (χ2n) is 2.85. The van der Waals surface area contributed by atoms with Crippen LogP contribution in [0, 0.1) is 0 Å². The Morgan fingerprint density at radius 2 is 1.44 bits per heavy atom. The Labute approximate surface area is 85.1 Å². The van der Waals surface area contributed by atoms with Gasteiger partial charge in [-0.25, -0.2) is 4.98 Å². The van der Waals surface area contributed by atoms with Crippen LogP contribution in [-0.2, 0) is 12.4 Å². The molecular formula is C7H5F6N3. The van der Waals surface area contributed by atoms with E-state index < -0.39 is 35.1 Å². The molecule has 0 fully saturated rings. The van der Waals surface area contributed by atoms with Crippen molar-refractivity contribution in [2.24, 2.45) is 0 Å². The maximum atomic E-state index is 12.3. The zero-order valence-electron chi connectivity index (χ0n) is 7.45. The lowest BCUT2D eigenvalue weighted by Crippen LogP contribution is -2.17. The second kappa shape index (κ2) is 3.42. The Morgan fingerprint density at radius 1 is 0.938 bits per heavy atom. The number of alkyl halides is 6. The molecule has 1 aromatic rings. The number of halogens is 6. The van der Waals surface area contributed by atoms with Gasteiger partial charge in [-0.15, -0.1) is 0 Å². The number of pyridine rings is 1. The standard InChI is InChI=1S/C7H5F6N3/c8-6(9,10)2-1-3(7(11,12)13)16-5(15)4(2)14/h1H,14H2,(H2,15,16). The summed E-state index contributed by atoms with van der Waals surface area (Å²) in [4.78, 5) is 2.75. The summed E-state index contributed by atoms with van der Waals surface area (Å²) in [7, 11) is 0. The summed E-state index contributed by atoms with van der Waals surface area (Å²) in [5, 5.41) is 0. The molecule has 0 unspecified atom stereocenters. The van der Waals surface area contributed by atoms with Crippen molar-refractivity contribution in [3.63, 3.8) is 0 Å². The molecule has 0 spiro atoms. The van der Waals surface area contributed by atoms with E-state index in [1.807, 2.05) is 0 Å². The molecule has 4 N–H and O–H groups in total. The van der Waals surface area contributed by atoms with Crippen LogP contribution in [0.1, 0.15) is 11.3 Å². The maximum Gasteiger partial charge on any atom is 0.433 e. The van der Waals surface area contributed by atoms with Gasteiger partial charge in [-0.05, 0) is 6.07 Å². The molecule has 0 aliphatic heterocycles. The van der Waals surface area contributed by atoms with Crippen LogP contribution in [0.15, 0.2) is 6.07 Å². The van der Waals surface area contributed by atoms with Gasteiger partial charge >= 0.3 is 12.4 Å². The number of nitrogens with zero attached hydrogens (tertiary/aromatic N) is 1. The number of aromatic nitrogens is 1. The van der Waals surface area contributed by atoms with Gasteiger partial charge < -0.3 is 11.5 Å². The summed E-state index contributed by atoms with van der Waals surface area (Å²) in [5.41, 5.74) is 5.40. The smallest absolute Gasteiger partial charge is 0.395 e. The van der Waals surface area contributed by atoms with Gasteiger partial charge in [-0.2, -0.15) is 26.3 Å². The predicted octanol–water partition coefficient (Wildman–Crippen LogP) is 2.28. The zero-order valence-corrected chi connectivity index (χ0v) is 7.45. The molecule has 0 aliphatic rings. The fraction of sp³-hybridized carbons (Fsp3) is 0.286. The lowest BCUT2D eigenvalue weighted by Gasteiger charge is -2.14. The van der Waals surface area contributed by atoms with Gasteiger partial charge in [0.2, 0.25) is 0 Å². The van der Waals surface area contributed by atoms with E-state index in [0.29, 0.717) is 0 Å². The van der Waals surface area contributed by atoms with Gasteiger partial charge in [0.15, 0.2) is 0 Å². The van der Waals surface area contributed by atoms with E-state index in [-0.39, 0.29) is 6.07 Å². The van der Waals surface area contributed by atoms with Crippen LogP contribution in [0.2, 0.25) is 0 Å². The van der Waals surface area contributed by atoms with Crippen LogP contribution >= 0.6 is 0 Å². The van der Waals surface area contributed by atoms with E-state index in [0.717, 1.165) is 0 Å². The molecule has 90 valence electrons. The Balaban J connectivity index is 3.46. The third-order valence-electron chi connectivity index (χ3n) is 1.68. The molecule has 16 heavy (non-hydrogen) atoms. The fourth-order valence-electron chi connectivity index (χ4n) is 0.954. The first-order valence-corrected chi connectivity index (χ1v) is 3.74. The molecule has 1 aromatic heterocycles. The van der Waals surface area contributed by atoms with Crippen molar-refractivity contribution < 1.29 is 26.3 Å². The molecule has 0 saturated heterocycles. The molecule has 1 heterocycles. The van der Waals surface area contributed by atoms with Crippen LogP contribution in [0.4, 0.5) is 37.8 Å². The summed E-state index contributed by atoms with van der Waals surface area (Å²) >= 11 is 0. The number of hydrogen-bond acceptors (Lipinski definition) is 3. The maximum absolute atomic E-state index is 12.3. The minimum atomic E-state index is -5.01. The van der Waals surface area contributed by atoms with Gasteiger partial charge in [0.05, 0.1) is 11.3 Å². The average molecular weight is 245 g/mol. The summed E-state index contributed by atoms with van der Waals surface area (Å²) < 4.78 is 73.2. The molecule has 3 nitrogen and oxygen atoms in total. The van der Waals surface area contributed by atoms with Crippen molar-refractivity contribution in [2.45, 2.75) is 12.4 Å². The molecule has 1 rings (SSSR count). The monoisotopic (exact) mass is 245 g/mol. The molecule has 0 saturated carbocycles. The van der Waals surface area contributed by atoms with E-state index in [1.165, 1.54) is 0 Å². The van der Waals surface area contributed by atoms with Crippen molar-refractivity contribution in [1.82, 2.24) is 4.98 Å². The van der Waals surface area contributed by atoms with E-state index in [1.54, 1.807) is 0 Å². The highest BCUT2D eigenvalue weighted by Gasteiger charge is 2.40. The lowest BCUT2D eigenvalue weighted by molar-refractivity contribution is -0.145. The van der Waals surface area contributed by atoms with Crippen molar-refractivity contribution in [2.75, 3.05) is 11.5 Å². The van der Waals surface area contributed by atoms with Crippen molar-refractivity contribution in [3.8, 4) is 0 Å². The van der Waals surface area contributed by atoms with Crippen molar-refractivity contribution in [3.05, 3.63) is 17.3 Å². The second-order valence-corrected chi connectivity index (χ2v) is 2.85. The van der Waals surface area contributed by atoms with Crippen LogP contribution < -0.4 is 11.5 Å². The third-order valence-corrected chi connectivity index (χ3v) is 1.68. The van der Waals surface area contributed by atoms with E-state index in [9.17, 15) is 26.3 Å². The van der Waals surface area contributed by atoms with Crippen molar-refractivity contribution in [1.29, 1.82) is 0 Å². The van der Waals surface area contributed by atoms with Crippen LogP contribution in [0.5, 0.6) is 0 Å². The summed E-state index contributed by atoms with van der Waals surface area (Å²) in [5.74, 6) is -0.998. The minimum Gasteiger partial charge on any atom is -0.395 e. The number of hydrogen-bond donors (Lipinski definition) is 2. The lowest BCUT2D eigenvalue weighted by atomic mass is 10.1. The zero-order chi connectivity index (χ0) is 12.7.